The molecule has 2 aromatic rings. The number of nitro groups is 1. The van der Waals surface area contributed by atoms with Crippen LogP contribution in [0, 0.1) is 22.9 Å². The predicted octanol–water partition coefficient (Wildman–Crippen LogP) is 3.23. The van der Waals surface area contributed by atoms with E-state index in [1.54, 1.807) is 13.0 Å². The van der Waals surface area contributed by atoms with Gasteiger partial charge in [-0.05, 0) is 30.7 Å². The van der Waals surface area contributed by atoms with Crippen LogP contribution in [-0.4, -0.2) is 14.9 Å². The average molecular weight is 283 g/mol. The van der Waals surface area contributed by atoms with Gasteiger partial charge >= 0.3 is 5.69 Å². The van der Waals surface area contributed by atoms with Gasteiger partial charge in [-0.3, -0.25) is 10.1 Å². The standard InChI is InChI=1S/C11H8ClFN4O2/c1-6-2-7(13)4-8(3-6)16-11-9(17(18)19)10(12)14-5-15-11/h2-5H,1H3,(H,14,15,16). The Bertz CT molecular complexity index is 630. The minimum absolute atomic E-state index is 0.0880. The summed E-state index contributed by atoms with van der Waals surface area (Å²) in [6.07, 6.45) is 1.09. The summed E-state index contributed by atoms with van der Waals surface area (Å²) < 4.78 is 13.2. The van der Waals surface area contributed by atoms with Crippen LogP contribution in [0.2, 0.25) is 5.15 Å². The summed E-state index contributed by atoms with van der Waals surface area (Å²) in [4.78, 5) is 17.5. The summed E-state index contributed by atoms with van der Waals surface area (Å²) >= 11 is 5.65. The lowest BCUT2D eigenvalue weighted by atomic mass is 10.2. The molecule has 1 heterocycles. The van der Waals surface area contributed by atoms with E-state index in [-0.39, 0.29) is 11.0 Å². The molecular formula is C11H8ClFN4O2. The monoisotopic (exact) mass is 282 g/mol. The van der Waals surface area contributed by atoms with Gasteiger partial charge in [-0.25, -0.2) is 14.4 Å². The van der Waals surface area contributed by atoms with Crippen LogP contribution in [0.4, 0.5) is 21.6 Å². The van der Waals surface area contributed by atoms with Gasteiger partial charge in [-0.15, -0.1) is 0 Å². The van der Waals surface area contributed by atoms with Gasteiger partial charge in [-0.1, -0.05) is 11.6 Å². The van der Waals surface area contributed by atoms with Gasteiger partial charge < -0.3 is 5.32 Å². The van der Waals surface area contributed by atoms with E-state index in [2.05, 4.69) is 15.3 Å². The van der Waals surface area contributed by atoms with Gasteiger partial charge in [0.2, 0.25) is 11.0 Å². The van der Waals surface area contributed by atoms with Crippen LogP contribution in [0.1, 0.15) is 5.56 Å². The lowest BCUT2D eigenvalue weighted by Crippen LogP contribution is -2.02. The Hall–Kier alpha value is -2.28. The molecule has 8 heteroatoms. The molecule has 0 aliphatic heterocycles. The van der Waals surface area contributed by atoms with E-state index in [1.807, 2.05) is 0 Å². The third-order valence-electron chi connectivity index (χ3n) is 2.27. The first kappa shape index (κ1) is 13.2. The topological polar surface area (TPSA) is 81.0 Å². The Kier molecular flexibility index (Phi) is 3.57. The van der Waals surface area contributed by atoms with Crippen LogP contribution < -0.4 is 5.32 Å². The normalized spacial score (nSPS) is 10.3. The van der Waals surface area contributed by atoms with Crippen LogP contribution in [-0.2, 0) is 0 Å². The van der Waals surface area contributed by atoms with Crippen molar-refractivity contribution in [1.29, 1.82) is 0 Å². The van der Waals surface area contributed by atoms with Crippen LogP contribution in [0.15, 0.2) is 24.5 Å². The lowest BCUT2D eigenvalue weighted by Gasteiger charge is -2.07. The summed E-state index contributed by atoms with van der Waals surface area (Å²) in [6.45, 7) is 1.70. The number of halogens is 2. The molecular weight excluding hydrogens is 275 g/mol. The molecule has 0 radical (unpaired) electrons. The second-order valence-electron chi connectivity index (χ2n) is 3.76. The number of hydrogen-bond donors (Lipinski definition) is 1. The highest BCUT2D eigenvalue weighted by Gasteiger charge is 2.21. The molecule has 1 aromatic carbocycles. The van der Waals surface area contributed by atoms with Crippen molar-refractivity contribution in [3.05, 3.63) is 51.2 Å². The Morgan fingerprint density at radius 1 is 1.37 bits per heavy atom. The lowest BCUT2D eigenvalue weighted by molar-refractivity contribution is -0.384. The van der Waals surface area contributed by atoms with Crippen LogP contribution in [0.3, 0.4) is 0 Å². The van der Waals surface area contributed by atoms with Gasteiger partial charge in [0.1, 0.15) is 12.1 Å². The number of benzene rings is 1. The zero-order valence-corrected chi connectivity index (χ0v) is 10.5. The first-order valence-corrected chi connectivity index (χ1v) is 5.54. The molecule has 0 aliphatic rings. The van der Waals surface area contributed by atoms with Gasteiger partial charge in [0.15, 0.2) is 0 Å². The number of hydrogen-bond acceptors (Lipinski definition) is 5. The van der Waals surface area contributed by atoms with Crippen molar-refractivity contribution in [3.8, 4) is 0 Å². The highest BCUT2D eigenvalue weighted by molar-refractivity contribution is 6.31. The molecule has 2 rings (SSSR count). The summed E-state index contributed by atoms with van der Waals surface area (Å²) in [7, 11) is 0. The van der Waals surface area contributed by atoms with Crippen LogP contribution >= 0.6 is 11.6 Å². The molecule has 0 spiro atoms. The Labute approximate surface area is 112 Å². The smallest absolute Gasteiger partial charge is 0.334 e. The summed E-state index contributed by atoms with van der Waals surface area (Å²) in [5.74, 6) is -0.541. The maximum Gasteiger partial charge on any atom is 0.348 e. The summed E-state index contributed by atoms with van der Waals surface area (Å²) in [6, 6.07) is 4.17. The van der Waals surface area contributed by atoms with Gasteiger partial charge in [0.05, 0.1) is 4.92 Å². The van der Waals surface area contributed by atoms with Gasteiger partial charge in [0, 0.05) is 5.69 Å². The minimum atomic E-state index is -0.698. The second kappa shape index (κ2) is 5.15. The quantitative estimate of drug-likeness (QED) is 0.531. The zero-order chi connectivity index (χ0) is 14.0. The van der Waals surface area contributed by atoms with Gasteiger partial charge in [-0.2, -0.15) is 0 Å². The minimum Gasteiger partial charge on any atom is -0.334 e. The van der Waals surface area contributed by atoms with E-state index in [4.69, 9.17) is 11.6 Å². The van der Waals surface area contributed by atoms with E-state index in [0.29, 0.717) is 11.3 Å². The van der Waals surface area contributed by atoms with Crippen LogP contribution in [0.5, 0.6) is 0 Å². The van der Waals surface area contributed by atoms with Crippen molar-refractivity contribution >= 4 is 28.8 Å². The fourth-order valence-electron chi connectivity index (χ4n) is 1.56. The second-order valence-corrected chi connectivity index (χ2v) is 4.12. The highest BCUT2D eigenvalue weighted by atomic mass is 35.5. The molecule has 0 bridgehead atoms. The Morgan fingerprint density at radius 2 is 2.11 bits per heavy atom. The number of rotatable bonds is 3. The largest absolute Gasteiger partial charge is 0.348 e. The molecule has 0 fully saturated rings. The first-order valence-electron chi connectivity index (χ1n) is 5.16. The number of aryl methyl sites for hydroxylation is 1. The molecule has 1 N–H and O–H groups in total. The molecule has 0 saturated heterocycles. The molecule has 98 valence electrons. The zero-order valence-electron chi connectivity index (χ0n) is 9.72. The van der Waals surface area contributed by atoms with Crippen molar-refractivity contribution in [3.63, 3.8) is 0 Å². The fraction of sp³-hybridized carbons (Fsp3) is 0.0909. The first-order chi connectivity index (χ1) is 8.97. The van der Waals surface area contributed by atoms with Crippen molar-refractivity contribution in [2.75, 3.05) is 5.32 Å². The van der Waals surface area contributed by atoms with E-state index in [9.17, 15) is 14.5 Å². The fourth-order valence-corrected chi connectivity index (χ4v) is 1.76. The number of aromatic nitrogens is 2. The Morgan fingerprint density at radius 3 is 2.74 bits per heavy atom. The summed E-state index contributed by atoms with van der Waals surface area (Å²) in [5.41, 5.74) is 0.562. The Balaban J connectivity index is 2.43. The molecule has 0 aliphatic carbocycles. The van der Waals surface area contributed by atoms with Crippen molar-refractivity contribution < 1.29 is 9.31 Å². The average Bonchev–Trinajstić information content (AvgIpc) is 2.26. The number of nitrogens with one attached hydrogen (secondary N) is 1. The molecule has 19 heavy (non-hydrogen) atoms. The van der Waals surface area contributed by atoms with Crippen LogP contribution in [0.25, 0.3) is 0 Å². The maximum absolute atomic E-state index is 13.2. The van der Waals surface area contributed by atoms with E-state index in [1.165, 1.54) is 12.1 Å². The highest BCUT2D eigenvalue weighted by Crippen LogP contribution is 2.30. The van der Waals surface area contributed by atoms with Gasteiger partial charge in [0.25, 0.3) is 0 Å². The van der Waals surface area contributed by atoms with Crippen molar-refractivity contribution in [1.82, 2.24) is 9.97 Å². The van der Waals surface area contributed by atoms with E-state index in [0.717, 1.165) is 6.33 Å². The molecule has 6 nitrogen and oxygen atoms in total. The maximum atomic E-state index is 13.2. The molecule has 0 unspecified atom stereocenters. The third kappa shape index (κ3) is 2.94. The SMILES string of the molecule is Cc1cc(F)cc(Nc2ncnc(Cl)c2[N+](=O)[O-])c1. The molecule has 0 saturated carbocycles. The molecule has 0 amide bonds. The molecule has 1 aromatic heterocycles. The van der Waals surface area contributed by atoms with Crippen molar-refractivity contribution in [2.24, 2.45) is 0 Å². The number of nitrogens with zero attached hydrogens (tertiary/aromatic N) is 3. The number of anilines is 2. The van der Waals surface area contributed by atoms with E-state index >= 15 is 0 Å². The summed E-state index contributed by atoms with van der Waals surface area (Å²) in [5, 5.41) is 13.3. The molecule has 0 atom stereocenters. The van der Waals surface area contributed by atoms with Crippen molar-refractivity contribution in [2.45, 2.75) is 6.92 Å². The predicted molar refractivity (Wildman–Crippen MR) is 68.1 cm³/mol. The third-order valence-corrected chi connectivity index (χ3v) is 2.54. The van der Waals surface area contributed by atoms with E-state index < -0.39 is 16.4 Å².